The molecule has 0 aromatic heterocycles. The van der Waals surface area contributed by atoms with Gasteiger partial charge in [0.25, 0.3) is 5.69 Å². The summed E-state index contributed by atoms with van der Waals surface area (Å²) in [5.74, 6) is -0.186. The van der Waals surface area contributed by atoms with Gasteiger partial charge in [-0.25, -0.2) is 13.6 Å². The summed E-state index contributed by atoms with van der Waals surface area (Å²) in [7, 11) is -4.12. The molecule has 0 aliphatic rings. The van der Waals surface area contributed by atoms with E-state index >= 15 is 0 Å². The predicted molar refractivity (Wildman–Crippen MR) is 72.3 cm³/mol. The van der Waals surface area contributed by atoms with Crippen LogP contribution in [-0.4, -0.2) is 13.3 Å². The first-order valence-electron chi connectivity index (χ1n) is 5.76. The first-order valence-corrected chi connectivity index (χ1v) is 7.31. The fourth-order valence-electron chi connectivity index (χ4n) is 1.78. The predicted octanol–water partition coefficient (Wildman–Crippen LogP) is 2.39. The maximum absolute atomic E-state index is 11.5. The highest BCUT2D eigenvalue weighted by Crippen LogP contribution is 2.40. The molecule has 0 fully saturated rings. The maximum atomic E-state index is 11.5. The summed E-state index contributed by atoms with van der Waals surface area (Å²) in [5.41, 5.74) is -0.279. The molecule has 6 nitrogen and oxygen atoms in total. The van der Waals surface area contributed by atoms with Gasteiger partial charge in [-0.1, -0.05) is 39.8 Å². The van der Waals surface area contributed by atoms with Crippen molar-refractivity contribution in [2.24, 2.45) is 10.6 Å². The molecule has 0 radical (unpaired) electrons. The van der Waals surface area contributed by atoms with E-state index in [9.17, 15) is 18.5 Å². The minimum atomic E-state index is -4.12. The Hall–Kier alpha value is -1.47. The van der Waals surface area contributed by atoms with Gasteiger partial charge in [0.1, 0.15) is 0 Å². The van der Waals surface area contributed by atoms with Crippen LogP contribution in [0.25, 0.3) is 0 Å². The van der Waals surface area contributed by atoms with Gasteiger partial charge in [-0.15, -0.1) is 0 Å². The Kier molecular flexibility index (Phi) is 4.02. The molecule has 0 bridgehead atoms. The number of nitro benzene ring substituents is 1. The topological polar surface area (TPSA) is 103 Å². The third-order valence-corrected chi connectivity index (χ3v) is 4.23. The Bertz CT molecular complexity index is 603. The second-order valence-electron chi connectivity index (χ2n) is 5.58. The number of nitrogens with two attached hydrogens (primary N) is 1. The first kappa shape index (κ1) is 15.6. The van der Waals surface area contributed by atoms with Crippen molar-refractivity contribution in [1.82, 2.24) is 0 Å². The van der Waals surface area contributed by atoms with Crippen molar-refractivity contribution < 1.29 is 13.3 Å². The van der Waals surface area contributed by atoms with Gasteiger partial charge in [0.05, 0.1) is 4.92 Å². The van der Waals surface area contributed by atoms with Gasteiger partial charge in [0.2, 0.25) is 10.0 Å². The standard InChI is InChI=1S/C12H18N2O4S/c1-8(12(2,3)4)9-6-5-7-10(19(13,17)18)11(9)14(15)16/h5-8H,1-4H3,(H2,13,17,18). The van der Waals surface area contributed by atoms with E-state index in [2.05, 4.69) is 0 Å². The van der Waals surface area contributed by atoms with E-state index in [0.29, 0.717) is 5.56 Å². The van der Waals surface area contributed by atoms with Gasteiger partial charge in [-0.2, -0.15) is 0 Å². The van der Waals surface area contributed by atoms with Crippen LogP contribution in [0.5, 0.6) is 0 Å². The number of nitrogens with zero attached hydrogens (tertiary/aromatic N) is 1. The monoisotopic (exact) mass is 286 g/mol. The summed E-state index contributed by atoms with van der Waals surface area (Å²) >= 11 is 0. The van der Waals surface area contributed by atoms with Crippen LogP contribution in [0, 0.1) is 15.5 Å². The molecule has 19 heavy (non-hydrogen) atoms. The molecule has 1 unspecified atom stereocenters. The molecule has 7 heteroatoms. The second-order valence-corrected chi connectivity index (χ2v) is 7.11. The minimum Gasteiger partial charge on any atom is -0.258 e. The van der Waals surface area contributed by atoms with Crippen molar-refractivity contribution in [3.05, 3.63) is 33.9 Å². The summed E-state index contributed by atoms with van der Waals surface area (Å²) in [6.07, 6.45) is 0. The summed E-state index contributed by atoms with van der Waals surface area (Å²) in [6, 6.07) is 4.21. The Morgan fingerprint density at radius 2 is 1.84 bits per heavy atom. The lowest BCUT2D eigenvalue weighted by Gasteiger charge is -2.27. The highest BCUT2D eigenvalue weighted by Gasteiger charge is 2.32. The van der Waals surface area contributed by atoms with E-state index in [-0.39, 0.29) is 11.3 Å². The number of hydrogen-bond acceptors (Lipinski definition) is 4. The number of para-hydroxylation sites is 1. The fourth-order valence-corrected chi connectivity index (χ4v) is 2.51. The summed E-state index contributed by atoms with van der Waals surface area (Å²) in [6.45, 7) is 7.64. The minimum absolute atomic E-state index is 0.186. The lowest BCUT2D eigenvalue weighted by Crippen LogP contribution is -2.19. The van der Waals surface area contributed by atoms with E-state index in [1.165, 1.54) is 6.07 Å². The zero-order valence-electron chi connectivity index (χ0n) is 11.4. The van der Waals surface area contributed by atoms with Crippen LogP contribution in [0.15, 0.2) is 23.1 Å². The first-order chi connectivity index (χ1) is 8.46. The molecule has 106 valence electrons. The van der Waals surface area contributed by atoms with Crippen molar-refractivity contribution in [3.63, 3.8) is 0 Å². The van der Waals surface area contributed by atoms with Gasteiger partial charge in [-0.05, 0) is 17.4 Å². The lowest BCUT2D eigenvalue weighted by atomic mass is 9.77. The molecule has 0 aliphatic heterocycles. The van der Waals surface area contributed by atoms with E-state index in [0.717, 1.165) is 6.07 Å². The molecule has 0 spiro atoms. The summed E-state index contributed by atoms with van der Waals surface area (Å²) in [4.78, 5) is 10.1. The third-order valence-electron chi connectivity index (χ3n) is 3.28. The van der Waals surface area contributed by atoms with Crippen LogP contribution in [0.1, 0.15) is 39.2 Å². The molecular formula is C12H18N2O4S. The SMILES string of the molecule is CC(c1cccc(S(N)(=O)=O)c1[N+](=O)[O-])C(C)(C)C. The normalized spacial score (nSPS) is 14.2. The molecule has 2 N–H and O–H groups in total. The molecular weight excluding hydrogens is 268 g/mol. The van der Waals surface area contributed by atoms with Crippen LogP contribution < -0.4 is 5.14 Å². The van der Waals surface area contributed by atoms with E-state index in [1.807, 2.05) is 27.7 Å². The smallest absolute Gasteiger partial charge is 0.258 e. The number of primary sulfonamides is 1. The number of nitro groups is 1. The average molecular weight is 286 g/mol. The van der Waals surface area contributed by atoms with Crippen molar-refractivity contribution in [2.75, 3.05) is 0 Å². The summed E-state index contributed by atoms with van der Waals surface area (Å²) in [5, 5.41) is 16.2. The Labute approximate surface area is 112 Å². The zero-order chi connectivity index (χ0) is 15.0. The van der Waals surface area contributed by atoms with Crippen LogP contribution in [0.3, 0.4) is 0 Å². The van der Waals surface area contributed by atoms with Crippen molar-refractivity contribution in [1.29, 1.82) is 0 Å². The zero-order valence-corrected chi connectivity index (χ0v) is 12.2. The molecule has 0 aliphatic carbocycles. The van der Waals surface area contributed by atoms with Gasteiger partial charge in [-0.3, -0.25) is 10.1 Å². The van der Waals surface area contributed by atoms with Gasteiger partial charge in [0.15, 0.2) is 4.90 Å². The lowest BCUT2D eigenvalue weighted by molar-refractivity contribution is -0.388. The molecule has 1 rings (SSSR count). The average Bonchev–Trinajstić information content (AvgIpc) is 2.24. The third kappa shape index (κ3) is 3.30. The Balaban J connectivity index is 3.64. The highest BCUT2D eigenvalue weighted by molar-refractivity contribution is 7.89. The van der Waals surface area contributed by atoms with Crippen LogP contribution in [-0.2, 0) is 10.0 Å². The number of hydrogen-bond donors (Lipinski definition) is 1. The van der Waals surface area contributed by atoms with Gasteiger partial charge < -0.3 is 0 Å². The molecule has 0 heterocycles. The molecule has 0 saturated heterocycles. The van der Waals surface area contributed by atoms with Crippen molar-refractivity contribution in [2.45, 2.75) is 38.5 Å². The molecule has 0 amide bonds. The Morgan fingerprint density at radius 1 is 1.32 bits per heavy atom. The quantitative estimate of drug-likeness (QED) is 0.680. The molecule has 0 saturated carbocycles. The van der Waals surface area contributed by atoms with Crippen LogP contribution >= 0.6 is 0 Å². The van der Waals surface area contributed by atoms with E-state index < -0.39 is 25.5 Å². The number of benzene rings is 1. The second kappa shape index (κ2) is 4.90. The van der Waals surface area contributed by atoms with Crippen LogP contribution in [0.4, 0.5) is 5.69 Å². The largest absolute Gasteiger partial charge is 0.292 e. The fraction of sp³-hybridized carbons (Fsp3) is 0.500. The van der Waals surface area contributed by atoms with E-state index in [1.54, 1.807) is 6.07 Å². The van der Waals surface area contributed by atoms with Crippen molar-refractivity contribution in [3.8, 4) is 0 Å². The van der Waals surface area contributed by atoms with E-state index in [4.69, 9.17) is 5.14 Å². The summed E-state index contributed by atoms with van der Waals surface area (Å²) < 4.78 is 22.9. The van der Waals surface area contributed by atoms with Gasteiger partial charge in [0, 0.05) is 5.56 Å². The van der Waals surface area contributed by atoms with Gasteiger partial charge >= 0.3 is 0 Å². The molecule has 1 aromatic rings. The maximum Gasteiger partial charge on any atom is 0.292 e. The van der Waals surface area contributed by atoms with Crippen molar-refractivity contribution >= 4 is 15.7 Å². The Morgan fingerprint density at radius 3 is 2.21 bits per heavy atom. The molecule has 1 aromatic carbocycles. The highest BCUT2D eigenvalue weighted by atomic mass is 32.2. The molecule has 1 atom stereocenters. The number of sulfonamides is 1. The van der Waals surface area contributed by atoms with Crippen LogP contribution in [0.2, 0.25) is 0 Å². The number of rotatable bonds is 3.